The van der Waals surface area contributed by atoms with Gasteiger partial charge < -0.3 is 16.0 Å². The summed E-state index contributed by atoms with van der Waals surface area (Å²) in [6.07, 6.45) is 1.09. The maximum atomic E-state index is 14.1. The van der Waals surface area contributed by atoms with E-state index >= 15 is 0 Å². The Morgan fingerprint density at radius 2 is 1.71 bits per heavy atom. The maximum absolute atomic E-state index is 14.1. The minimum Gasteiger partial charge on any atom is -0.352 e. The number of nitrogens with two attached hydrogens (primary N) is 1. The summed E-state index contributed by atoms with van der Waals surface area (Å²) in [5.41, 5.74) is 7.20. The van der Waals surface area contributed by atoms with E-state index in [0.717, 1.165) is 11.1 Å². The molecule has 2 aromatic carbocycles. The Bertz CT molecular complexity index is 1340. The fourth-order valence-corrected chi connectivity index (χ4v) is 4.75. The van der Waals surface area contributed by atoms with E-state index in [1.165, 1.54) is 0 Å². The normalized spacial score (nSPS) is 12.6. The maximum Gasteiger partial charge on any atom is 0.267 e. The van der Waals surface area contributed by atoms with Gasteiger partial charge in [0.05, 0.1) is 17.8 Å². The first kappa shape index (κ1) is 28.8. The zero-order valence-electron chi connectivity index (χ0n) is 23.1. The molecule has 0 bridgehead atoms. The summed E-state index contributed by atoms with van der Waals surface area (Å²) in [7, 11) is 0. The molecule has 0 radical (unpaired) electrons. The summed E-state index contributed by atoms with van der Waals surface area (Å²) in [5.74, 6) is -0.157. The quantitative estimate of drug-likeness (QED) is 0.402. The van der Waals surface area contributed by atoms with Crippen molar-refractivity contribution in [1.82, 2.24) is 19.8 Å². The molecule has 2 amide bonds. The Labute approximate surface area is 224 Å². The summed E-state index contributed by atoms with van der Waals surface area (Å²) in [6, 6.07) is 17.0. The van der Waals surface area contributed by atoms with Crippen LogP contribution in [0.15, 0.2) is 59.4 Å². The first-order chi connectivity index (χ1) is 18.2. The number of carbonyl (C=O) groups is 2. The van der Waals surface area contributed by atoms with Crippen molar-refractivity contribution in [2.75, 3.05) is 19.6 Å². The number of nitrogens with one attached hydrogen (secondary N) is 1. The van der Waals surface area contributed by atoms with Crippen LogP contribution in [0.25, 0.3) is 0 Å². The number of aromatic nitrogens is 2. The van der Waals surface area contributed by atoms with Crippen molar-refractivity contribution in [3.8, 4) is 0 Å². The first-order valence-electron chi connectivity index (χ1n) is 13.2. The molecule has 0 aliphatic carbocycles. The highest BCUT2D eigenvalue weighted by Gasteiger charge is 2.40. The molecule has 0 unspecified atom stereocenters. The monoisotopic (exact) mass is 517 g/mol. The molecule has 8 nitrogen and oxygen atoms in total. The smallest absolute Gasteiger partial charge is 0.267 e. The van der Waals surface area contributed by atoms with Gasteiger partial charge in [-0.15, -0.1) is 0 Å². The molecule has 202 valence electrons. The average Bonchev–Trinajstić information content (AvgIpc) is 2.91. The molecule has 3 rings (SSSR count). The zero-order chi connectivity index (χ0) is 27.9. The van der Waals surface area contributed by atoms with Gasteiger partial charge in [-0.1, -0.05) is 55.5 Å². The van der Waals surface area contributed by atoms with Gasteiger partial charge in [-0.05, 0) is 64.3 Å². The molecule has 0 fully saturated rings. The van der Waals surface area contributed by atoms with E-state index in [2.05, 4.69) is 5.32 Å². The standard InChI is InChI=1S/C30H39N5O3/c1-6-30(5,35(19-13-18-31)27(37)24-17-12-11-14-21(24)3)29-33-22(4)25(26(36)32-7-2)28(38)34(29)20-23-15-9-8-10-16-23/h8-12,14-17H,6-7,13,18-20,31H2,1-5H3,(H,32,36)/t30-/m1/s1. The minimum absolute atomic E-state index is 0.0173. The second-order valence-electron chi connectivity index (χ2n) is 9.67. The van der Waals surface area contributed by atoms with Crippen molar-refractivity contribution < 1.29 is 9.59 Å². The van der Waals surface area contributed by atoms with Crippen LogP contribution in [0.3, 0.4) is 0 Å². The van der Waals surface area contributed by atoms with Crippen molar-refractivity contribution in [1.29, 1.82) is 0 Å². The van der Waals surface area contributed by atoms with E-state index in [9.17, 15) is 14.4 Å². The van der Waals surface area contributed by atoms with E-state index < -0.39 is 17.0 Å². The van der Waals surface area contributed by atoms with E-state index in [1.54, 1.807) is 23.3 Å². The molecular weight excluding hydrogens is 478 g/mol. The van der Waals surface area contributed by atoms with Crippen molar-refractivity contribution >= 4 is 11.8 Å². The highest BCUT2D eigenvalue weighted by molar-refractivity contribution is 5.96. The molecule has 3 aromatic rings. The van der Waals surface area contributed by atoms with Crippen LogP contribution in [0.2, 0.25) is 0 Å². The molecule has 1 aromatic heterocycles. The zero-order valence-corrected chi connectivity index (χ0v) is 23.1. The third-order valence-electron chi connectivity index (χ3n) is 7.07. The number of hydrogen-bond acceptors (Lipinski definition) is 5. The Morgan fingerprint density at radius 3 is 2.32 bits per heavy atom. The first-order valence-corrected chi connectivity index (χ1v) is 13.2. The van der Waals surface area contributed by atoms with Gasteiger partial charge in [-0.2, -0.15) is 0 Å². The van der Waals surface area contributed by atoms with E-state index in [-0.39, 0.29) is 18.0 Å². The summed E-state index contributed by atoms with van der Waals surface area (Å²) in [4.78, 5) is 47.6. The number of benzene rings is 2. The topological polar surface area (TPSA) is 110 Å². The third-order valence-corrected chi connectivity index (χ3v) is 7.07. The molecular formula is C30H39N5O3. The predicted octanol–water partition coefficient (Wildman–Crippen LogP) is 3.77. The highest BCUT2D eigenvalue weighted by atomic mass is 16.2. The molecule has 0 saturated heterocycles. The number of rotatable bonds is 11. The second-order valence-corrected chi connectivity index (χ2v) is 9.67. The fourth-order valence-electron chi connectivity index (χ4n) is 4.75. The van der Waals surface area contributed by atoms with Crippen LogP contribution in [-0.4, -0.2) is 45.9 Å². The molecule has 1 atom stereocenters. The van der Waals surface area contributed by atoms with Crippen LogP contribution in [-0.2, 0) is 12.1 Å². The summed E-state index contributed by atoms with van der Waals surface area (Å²) < 4.78 is 1.55. The van der Waals surface area contributed by atoms with Gasteiger partial charge in [0.1, 0.15) is 11.4 Å². The fraction of sp³-hybridized carbons (Fsp3) is 0.400. The van der Waals surface area contributed by atoms with Gasteiger partial charge >= 0.3 is 0 Å². The average molecular weight is 518 g/mol. The summed E-state index contributed by atoms with van der Waals surface area (Å²) >= 11 is 0. The number of hydrogen-bond donors (Lipinski definition) is 2. The van der Waals surface area contributed by atoms with Gasteiger partial charge in [0.2, 0.25) is 0 Å². The van der Waals surface area contributed by atoms with Gasteiger partial charge in [-0.3, -0.25) is 19.0 Å². The number of amides is 2. The Balaban J connectivity index is 2.29. The second kappa shape index (κ2) is 12.6. The molecule has 0 spiro atoms. The molecule has 8 heteroatoms. The summed E-state index contributed by atoms with van der Waals surface area (Å²) in [6.45, 7) is 10.7. The van der Waals surface area contributed by atoms with Crippen LogP contribution in [0, 0.1) is 13.8 Å². The third kappa shape index (κ3) is 5.86. The van der Waals surface area contributed by atoms with E-state index in [0.29, 0.717) is 49.6 Å². The lowest BCUT2D eigenvalue weighted by atomic mass is 9.91. The Morgan fingerprint density at radius 1 is 1.05 bits per heavy atom. The van der Waals surface area contributed by atoms with Crippen molar-refractivity contribution in [3.05, 3.63) is 98.7 Å². The highest BCUT2D eigenvalue weighted by Crippen LogP contribution is 2.33. The SMILES string of the molecule is CCNC(=O)c1c(C)nc([C@@](C)(CC)N(CCCN)C(=O)c2ccccc2C)n(Cc2ccccc2)c1=O. The lowest BCUT2D eigenvalue weighted by molar-refractivity contribution is 0.0446. The van der Waals surface area contributed by atoms with E-state index in [1.807, 2.05) is 75.4 Å². The predicted molar refractivity (Wildman–Crippen MR) is 150 cm³/mol. The molecule has 3 N–H and O–H groups in total. The van der Waals surface area contributed by atoms with Crippen molar-refractivity contribution in [3.63, 3.8) is 0 Å². The molecule has 0 aliphatic rings. The molecule has 0 aliphatic heterocycles. The Hall–Kier alpha value is -3.78. The van der Waals surface area contributed by atoms with E-state index in [4.69, 9.17) is 10.7 Å². The molecule has 38 heavy (non-hydrogen) atoms. The molecule has 1 heterocycles. The van der Waals surface area contributed by atoms with Crippen molar-refractivity contribution in [2.24, 2.45) is 5.73 Å². The number of nitrogens with zero attached hydrogens (tertiary/aromatic N) is 3. The van der Waals surface area contributed by atoms with Crippen LogP contribution < -0.4 is 16.6 Å². The van der Waals surface area contributed by atoms with Gasteiger partial charge in [0, 0.05) is 18.7 Å². The summed E-state index contributed by atoms with van der Waals surface area (Å²) in [5, 5.41) is 2.73. The largest absolute Gasteiger partial charge is 0.352 e. The van der Waals surface area contributed by atoms with Crippen LogP contribution in [0.4, 0.5) is 0 Å². The number of aryl methyl sites for hydroxylation is 2. The van der Waals surface area contributed by atoms with Crippen LogP contribution in [0.5, 0.6) is 0 Å². The van der Waals surface area contributed by atoms with Crippen LogP contribution >= 0.6 is 0 Å². The van der Waals surface area contributed by atoms with Gasteiger partial charge in [-0.25, -0.2) is 4.98 Å². The Kier molecular flexibility index (Phi) is 9.58. The lowest BCUT2D eigenvalue weighted by Crippen LogP contribution is -2.52. The van der Waals surface area contributed by atoms with Crippen LogP contribution in [0.1, 0.15) is 77.0 Å². The number of carbonyl (C=O) groups excluding carboxylic acids is 2. The minimum atomic E-state index is -0.951. The van der Waals surface area contributed by atoms with Gasteiger partial charge in [0.25, 0.3) is 17.4 Å². The van der Waals surface area contributed by atoms with Crippen molar-refractivity contribution in [2.45, 2.75) is 59.5 Å². The molecule has 0 saturated carbocycles. The lowest BCUT2D eigenvalue weighted by Gasteiger charge is -2.42. The van der Waals surface area contributed by atoms with Gasteiger partial charge in [0.15, 0.2) is 0 Å².